The average Bonchev–Trinajstić information content (AvgIpc) is 2.16. The van der Waals surface area contributed by atoms with Gasteiger partial charge in [-0.15, -0.1) is 0 Å². The van der Waals surface area contributed by atoms with Gasteiger partial charge in [0.2, 0.25) is 5.91 Å². The van der Waals surface area contributed by atoms with Gasteiger partial charge >= 0.3 is 0 Å². The summed E-state index contributed by atoms with van der Waals surface area (Å²) in [5, 5.41) is 0. The molecular formula is C10H15N3O. The van der Waals surface area contributed by atoms with E-state index in [1.807, 2.05) is 13.8 Å². The summed E-state index contributed by atoms with van der Waals surface area (Å²) in [6.07, 6.45) is 3.42. The van der Waals surface area contributed by atoms with E-state index < -0.39 is 0 Å². The molecule has 0 saturated heterocycles. The molecule has 1 aromatic rings. The number of aryl methyl sites for hydroxylation is 1. The van der Waals surface area contributed by atoms with Crippen LogP contribution in [0.5, 0.6) is 0 Å². The zero-order valence-electron chi connectivity index (χ0n) is 8.82. The topological polar surface area (TPSA) is 46.1 Å². The van der Waals surface area contributed by atoms with Crippen molar-refractivity contribution in [2.45, 2.75) is 27.3 Å². The first-order valence-electron chi connectivity index (χ1n) is 4.66. The minimum absolute atomic E-state index is 0.0647. The van der Waals surface area contributed by atoms with Crippen LogP contribution in [0.4, 0.5) is 0 Å². The lowest BCUT2D eigenvalue weighted by Crippen LogP contribution is -2.28. The van der Waals surface area contributed by atoms with Gasteiger partial charge in [0.05, 0.1) is 24.1 Å². The number of amides is 1. The average molecular weight is 193 g/mol. The third-order valence-corrected chi connectivity index (χ3v) is 2.01. The van der Waals surface area contributed by atoms with Crippen LogP contribution in [0.15, 0.2) is 12.4 Å². The van der Waals surface area contributed by atoms with Gasteiger partial charge in [-0.25, -0.2) is 0 Å². The molecule has 1 heterocycles. The van der Waals surface area contributed by atoms with Crippen LogP contribution >= 0.6 is 0 Å². The molecule has 0 fully saturated rings. The Morgan fingerprint density at radius 2 is 2.14 bits per heavy atom. The first-order valence-corrected chi connectivity index (χ1v) is 4.66. The fourth-order valence-electron chi connectivity index (χ4n) is 1.14. The Hall–Kier alpha value is -1.45. The number of rotatable bonds is 3. The Morgan fingerprint density at radius 1 is 1.43 bits per heavy atom. The molecule has 0 aliphatic rings. The van der Waals surface area contributed by atoms with E-state index in [1.54, 1.807) is 24.2 Å². The molecule has 0 N–H and O–H groups in total. The van der Waals surface area contributed by atoms with Crippen LogP contribution in [0.3, 0.4) is 0 Å². The number of carbonyl (C=O) groups is 1. The molecule has 4 nitrogen and oxygen atoms in total. The van der Waals surface area contributed by atoms with Gasteiger partial charge in [-0.3, -0.25) is 14.8 Å². The van der Waals surface area contributed by atoms with E-state index in [2.05, 4.69) is 9.97 Å². The van der Waals surface area contributed by atoms with E-state index in [9.17, 15) is 4.79 Å². The number of hydrogen-bond acceptors (Lipinski definition) is 3. The van der Waals surface area contributed by atoms with E-state index in [0.717, 1.165) is 11.4 Å². The van der Waals surface area contributed by atoms with Gasteiger partial charge < -0.3 is 4.90 Å². The third-order valence-electron chi connectivity index (χ3n) is 2.01. The molecule has 0 atom stereocenters. The van der Waals surface area contributed by atoms with Crippen LogP contribution < -0.4 is 0 Å². The van der Waals surface area contributed by atoms with Gasteiger partial charge in [0.1, 0.15) is 0 Å². The summed E-state index contributed by atoms with van der Waals surface area (Å²) in [4.78, 5) is 21.2. The molecule has 4 heteroatoms. The van der Waals surface area contributed by atoms with Crippen LogP contribution in [0.1, 0.15) is 25.2 Å². The molecule has 0 bridgehead atoms. The molecule has 1 amide bonds. The second kappa shape index (κ2) is 4.69. The van der Waals surface area contributed by atoms with E-state index >= 15 is 0 Å². The normalized spacial score (nSPS) is 9.93. The van der Waals surface area contributed by atoms with Crippen molar-refractivity contribution in [2.24, 2.45) is 0 Å². The highest BCUT2D eigenvalue weighted by Gasteiger charge is 2.07. The van der Waals surface area contributed by atoms with Crippen LogP contribution in [0.25, 0.3) is 0 Å². The van der Waals surface area contributed by atoms with Gasteiger partial charge in [-0.05, 0) is 13.8 Å². The summed E-state index contributed by atoms with van der Waals surface area (Å²) in [6.45, 7) is 6.64. The quantitative estimate of drug-likeness (QED) is 0.723. The van der Waals surface area contributed by atoms with E-state index in [4.69, 9.17) is 0 Å². The van der Waals surface area contributed by atoms with Crippen molar-refractivity contribution in [3.63, 3.8) is 0 Å². The smallest absolute Gasteiger partial charge is 0.219 e. The SMILES string of the molecule is CCN(Cc1cnc(C)cn1)C(C)=O. The van der Waals surface area contributed by atoms with Crippen molar-refractivity contribution in [3.8, 4) is 0 Å². The van der Waals surface area contributed by atoms with Gasteiger partial charge in [0.25, 0.3) is 0 Å². The van der Waals surface area contributed by atoms with E-state index in [-0.39, 0.29) is 5.91 Å². The third kappa shape index (κ3) is 2.80. The number of aromatic nitrogens is 2. The highest BCUT2D eigenvalue weighted by Crippen LogP contribution is 2.00. The second-order valence-corrected chi connectivity index (χ2v) is 3.18. The Kier molecular flexibility index (Phi) is 3.56. The number of nitrogens with zero attached hydrogens (tertiary/aromatic N) is 3. The molecule has 0 spiro atoms. The van der Waals surface area contributed by atoms with Gasteiger partial charge in [-0.2, -0.15) is 0 Å². The molecule has 76 valence electrons. The maximum absolute atomic E-state index is 11.1. The molecule has 0 aliphatic heterocycles. The first kappa shape index (κ1) is 10.6. The van der Waals surface area contributed by atoms with Gasteiger partial charge in [0, 0.05) is 19.7 Å². The van der Waals surface area contributed by atoms with Crippen LogP contribution in [-0.2, 0) is 11.3 Å². The minimum atomic E-state index is 0.0647. The van der Waals surface area contributed by atoms with Crippen molar-refractivity contribution < 1.29 is 4.79 Å². The van der Waals surface area contributed by atoms with Crippen molar-refractivity contribution in [1.82, 2.24) is 14.9 Å². The number of carbonyl (C=O) groups excluding carboxylic acids is 1. The first-order chi connectivity index (χ1) is 6.63. The predicted octanol–water partition coefficient (Wildman–Crippen LogP) is 1.15. The van der Waals surface area contributed by atoms with Crippen LogP contribution in [0.2, 0.25) is 0 Å². The molecule has 0 radical (unpaired) electrons. The predicted molar refractivity (Wildman–Crippen MR) is 53.5 cm³/mol. The Morgan fingerprint density at radius 3 is 2.57 bits per heavy atom. The highest BCUT2D eigenvalue weighted by molar-refractivity contribution is 5.73. The lowest BCUT2D eigenvalue weighted by Gasteiger charge is -2.17. The maximum Gasteiger partial charge on any atom is 0.219 e. The Balaban J connectivity index is 2.67. The lowest BCUT2D eigenvalue weighted by atomic mass is 10.3. The molecule has 0 aromatic carbocycles. The Bertz CT molecular complexity index is 308. The zero-order valence-corrected chi connectivity index (χ0v) is 8.82. The maximum atomic E-state index is 11.1. The van der Waals surface area contributed by atoms with Crippen LogP contribution in [0, 0.1) is 6.92 Å². The lowest BCUT2D eigenvalue weighted by molar-refractivity contribution is -0.129. The van der Waals surface area contributed by atoms with Crippen molar-refractivity contribution in [3.05, 3.63) is 23.8 Å². The summed E-state index contributed by atoms with van der Waals surface area (Å²) in [6, 6.07) is 0. The molecular weight excluding hydrogens is 178 g/mol. The summed E-state index contributed by atoms with van der Waals surface area (Å²) >= 11 is 0. The summed E-state index contributed by atoms with van der Waals surface area (Å²) < 4.78 is 0. The molecule has 1 rings (SSSR count). The number of hydrogen-bond donors (Lipinski definition) is 0. The summed E-state index contributed by atoms with van der Waals surface area (Å²) in [5.41, 5.74) is 1.72. The summed E-state index contributed by atoms with van der Waals surface area (Å²) in [7, 11) is 0. The van der Waals surface area contributed by atoms with Gasteiger partial charge in [-0.1, -0.05) is 0 Å². The molecule has 0 aliphatic carbocycles. The van der Waals surface area contributed by atoms with E-state index in [1.165, 1.54) is 0 Å². The molecule has 1 aromatic heterocycles. The van der Waals surface area contributed by atoms with Gasteiger partial charge in [0.15, 0.2) is 0 Å². The van der Waals surface area contributed by atoms with Crippen molar-refractivity contribution >= 4 is 5.91 Å². The van der Waals surface area contributed by atoms with Crippen molar-refractivity contribution in [1.29, 1.82) is 0 Å². The summed E-state index contributed by atoms with van der Waals surface area (Å²) in [5.74, 6) is 0.0647. The molecule has 14 heavy (non-hydrogen) atoms. The standard InChI is InChI=1S/C10H15N3O/c1-4-13(9(3)14)7-10-6-11-8(2)5-12-10/h5-6H,4,7H2,1-3H3. The largest absolute Gasteiger partial charge is 0.337 e. The second-order valence-electron chi connectivity index (χ2n) is 3.18. The van der Waals surface area contributed by atoms with E-state index in [0.29, 0.717) is 13.1 Å². The monoisotopic (exact) mass is 193 g/mol. The Labute approximate surface area is 84.0 Å². The fourth-order valence-corrected chi connectivity index (χ4v) is 1.14. The highest BCUT2D eigenvalue weighted by atomic mass is 16.2. The van der Waals surface area contributed by atoms with Crippen LogP contribution in [-0.4, -0.2) is 27.3 Å². The molecule has 0 unspecified atom stereocenters. The zero-order chi connectivity index (χ0) is 10.6. The minimum Gasteiger partial charge on any atom is -0.337 e. The molecule has 0 saturated carbocycles. The fraction of sp³-hybridized carbons (Fsp3) is 0.500. The van der Waals surface area contributed by atoms with Crippen molar-refractivity contribution in [2.75, 3.05) is 6.54 Å².